The van der Waals surface area contributed by atoms with Gasteiger partial charge in [0.2, 0.25) is 17.7 Å². The van der Waals surface area contributed by atoms with E-state index in [0.29, 0.717) is 103 Å². The van der Waals surface area contributed by atoms with Crippen LogP contribution in [0.15, 0.2) is 164 Å². The second-order valence-electron chi connectivity index (χ2n) is 27.4. The van der Waals surface area contributed by atoms with E-state index in [0.717, 1.165) is 57.8 Å². The molecular weight excluding hydrogens is 1290 g/mol. The smallest absolute Gasteiger partial charge is 0.308 e. The molecule has 0 unspecified atom stereocenters. The molecule has 0 bridgehead atoms. The average Bonchev–Trinajstić information content (AvgIpc) is 1.69. The molecular formula is C84H123N3O15. The van der Waals surface area contributed by atoms with Gasteiger partial charge in [0.1, 0.15) is 18.3 Å². The highest BCUT2D eigenvalue weighted by Gasteiger charge is 2.45. The van der Waals surface area contributed by atoms with Crippen LogP contribution in [0.1, 0.15) is 187 Å². The molecule has 15 atom stereocenters. The molecule has 102 heavy (non-hydrogen) atoms. The molecule has 3 aromatic rings. The maximum atomic E-state index is 12.3. The second kappa shape index (κ2) is 50.9. The van der Waals surface area contributed by atoms with Crippen molar-refractivity contribution in [2.24, 2.45) is 41.4 Å². The molecule has 3 amide bonds. The SMILES string of the molecule is CCNC(=O)CCC/C=C\C[C@@H]1[C@@H](/C=C/[C@@H](O)CCc2ccccc2)[C@H](O)C[C@@H]1OC(=O)C(C)C.CCNC(=O)CCC/C=C\C[C@@H]1[C@@H](/C=C/[C@@H](O)CCc2ccccc2)[C@H](O)C[C@@H]1OC(=O)CC.CCNC(=O)CCC/C=C\C[C@@H]1[C@@H](/C=C/[C@@H](O)CCc2ccccc2)[C@H](O)C[C@@H]1OC(C)=O. The van der Waals surface area contributed by atoms with Crippen LogP contribution in [0.25, 0.3) is 0 Å². The molecule has 0 saturated heterocycles. The zero-order valence-corrected chi connectivity index (χ0v) is 61.9. The zero-order valence-electron chi connectivity index (χ0n) is 61.9. The van der Waals surface area contributed by atoms with Gasteiger partial charge < -0.3 is 60.8 Å². The van der Waals surface area contributed by atoms with Gasteiger partial charge in [0.05, 0.1) is 42.5 Å². The minimum atomic E-state index is -0.631. The molecule has 3 aliphatic carbocycles. The first-order valence-corrected chi connectivity index (χ1v) is 37.7. The second-order valence-corrected chi connectivity index (χ2v) is 27.4. The van der Waals surface area contributed by atoms with E-state index in [1.807, 2.05) is 142 Å². The lowest BCUT2D eigenvalue weighted by Crippen LogP contribution is -2.27. The average molecular weight is 1410 g/mol. The molecule has 3 saturated carbocycles. The fraction of sp³-hybridized carbons (Fsp3) is 0.571. The van der Waals surface area contributed by atoms with Crippen LogP contribution in [0.5, 0.6) is 0 Å². The number of allylic oxidation sites excluding steroid dienone is 6. The number of unbranched alkanes of at least 4 members (excludes halogenated alkanes) is 3. The molecule has 0 aliphatic heterocycles. The summed E-state index contributed by atoms with van der Waals surface area (Å²) in [6, 6.07) is 30.1. The third-order valence-electron chi connectivity index (χ3n) is 18.8. The Bertz CT molecular complexity index is 3020. The van der Waals surface area contributed by atoms with Crippen molar-refractivity contribution in [3.63, 3.8) is 0 Å². The topological polar surface area (TPSA) is 288 Å². The highest BCUT2D eigenvalue weighted by molar-refractivity contribution is 5.76. The molecule has 18 heteroatoms. The minimum absolute atomic E-state index is 0.0530. The number of aryl methyl sites for hydroxylation is 3. The number of ether oxygens (including phenoxy) is 3. The fourth-order valence-corrected chi connectivity index (χ4v) is 13.3. The molecule has 3 fully saturated rings. The molecule has 0 heterocycles. The van der Waals surface area contributed by atoms with Crippen molar-refractivity contribution in [2.45, 2.75) is 245 Å². The van der Waals surface area contributed by atoms with E-state index in [1.54, 1.807) is 39.0 Å². The third kappa shape index (κ3) is 35.2. The Morgan fingerprint density at radius 2 is 0.755 bits per heavy atom. The van der Waals surface area contributed by atoms with Crippen molar-refractivity contribution in [1.82, 2.24) is 16.0 Å². The molecule has 6 rings (SSSR count). The monoisotopic (exact) mass is 1410 g/mol. The van der Waals surface area contributed by atoms with Gasteiger partial charge in [-0.25, -0.2) is 0 Å². The number of hydrogen-bond donors (Lipinski definition) is 9. The number of benzene rings is 3. The number of aliphatic hydroxyl groups excluding tert-OH is 6. The molecule has 0 radical (unpaired) electrons. The lowest BCUT2D eigenvalue weighted by molar-refractivity contribution is -0.155. The standard InChI is InChI=1S/C29H43NO5.C28H41NO5.C27H39NO5/c1-4-30-28(33)15-11-6-5-10-14-25-24(26(32)20-27(25)35-29(34)21(2)3)19-18-23(31)17-16-22-12-8-7-9-13-22;1-3-28(33)34-26-20-25(31)23(19-18-22(30)17-16-21-12-8-7-9-13-21)24(26)14-10-5-6-11-15-27(32)29-4-2;1-3-28-27(32)14-10-5-4-9-13-24-23(25(31)19-26(24)33-20(2)29)18-17-22(30)16-15-21-11-7-6-8-12-21/h5,7-10,12-13,18-19,21,23-27,31-32H,4,6,11,14-17,20H2,1-3H3,(H,30,33);5,7-10,12-13,18-19,22-26,30-31H,3-4,6,11,14-17,20H2,1-2H3,(H,29,32);4,6-9,11-12,17-18,22-26,30-31H,3,5,10,13-16,19H2,1-2H3,(H,28,32)/b2*10-5-,19-18+;9-4-,18-17+/t23-,24+,25+,26+,27-;2*22-,23+,24+,25+,26-/m000/s1. The number of amides is 3. The molecule has 564 valence electrons. The molecule has 9 N–H and O–H groups in total. The van der Waals surface area contributed by atoms with Gasteiger partial charge in [0.15, 0.2) is 0 Å². The number of nitrogens with one attached hydrogen (secondary N) is 3. The van der Waals surface area contributed by atoms with Crippen LogP contribution in [0.2, 0.25) is 0 Å². The van der Waals surface area contributed by atoms with Gasteiger partial charge in [0.25, 0.3) is 0 Å². The maximum Gasteiger partial charge on any atom is 0.308 e. The zero-order chi connectivity index (χ0) is 74.4. The van der Waals surface area contributed by atoms with Gasteiger partial charge in [-0.2, -0.15) is 0 Å². The van der Waals surface area contributed by atoms with Crippen molar-refractivity contribution >= 4 is 35.6 Å². The molecule has 0 aromatic heterocycles. The Morgan fingerprint density at radius 1 is 0.451 bits per heavy atom. The van der Waals surface area contributed by atoms with E-state index >= 15 is 0 Å². The summed E-state index contributed by atoms with van der Waals surface area (Å²) in [5, 5.41) is 71.8. The van der Waals surface area contributed by atoms with Gasteiger partial charge in [-0.15, -0.1) is 0 Å². The van der Waals surface area contributed by atoms with Crippen LogP contribution in [0, 0.1) is 41.4 Å². The van der Waals surface area contributed by atoms with Gasteiger partial charge in [-0.1, -0.05) is 185 Å². The summed E-state index contributed by atoms with van der Waals surface area (Å²) in [4.78, 5) is 70.4. The van der Waals surface area contributed by atoms with Crippen LogP contribution in [-0.2, 0) is 62.2 Å². The lowest BCUT2D eigenvalue weighted by atomic mass is 9.89. The number of hydrogen-bond acceptors (Lipinski definition) is 15. The van der Waals surface area contributed by atoms with E-state index in [1.165, 1.54) is 23.6 Å². The van der Waals surface area contributed by atoms with Gasteiger partial charge in [-0.05, 0) is 134 Å². The maximum absolute atomic E-state index is 12.3. The fourth-order valence-electron chi connectivity index (χ4n) is 13.3. The van der Waals surface area contributed by atoms with E-state index < -0.39 is 36.6 Å². The van der Waals surface area contributed by atoms with Crippen molar-refractivity contribution in [3.8, 4) is 0 Å². The van der Waals surface area contributed by atoms with Gasteiger partial charge >= 0.3 is 17.9 Å². The molecule has 3 aliphatic rings. The first kappa shape index (κ1) is 87.1. The first-order chi connectivity index (χ1) is 49.2. The summed E-state index contributed by atoms with van der Waals surface area (Å²) in [6.07, 6.45) is 32.4. The summed E-state index contributed by atoms with van der Waals surface area (Å²) in [5.41, 5.74) is 3.53. The van der Waals surface area contributed by atoms with Crippen LogP contribution in [0.4, 0.5) is 0 Å². The highest BCUT2D eigenvalue weighted by atomic mass is 16.6. The Hall–Kier alpha value is -7.32. The first-order valence-electron chi connectivity index (χ1n) is 37.7. The van der Waals surface area contributed by atoms with E-state index in [2.05, 4.69) is 40.3 Å². The largest absolute Gasteiger partial charge is 0.462 e. The highest BCUT2D eigenvalue weighted by Crippen LogP contribution is 2.41. The van der Waals surface area contributed by atoms with E-state index in [4.69, 9.17) is 14.2 Å². The Labute approximate surface area is 608 Å². The Kier molecular flexibility index (Phi) is 43.5. The Morgan fingerprint density at radius 3 is 1.04 bits per heavy atom. The summed E-state index contributed by atoms with van der Waals surface area (Å²) in [7, 11) is 0. The predicted molar refractivity (Wildman–Crippen MR) is 402 cm³/mol. The van der Waals surface area contributed by atoms with Crippen LogP contribution in [0.3, 0.4) is 0 Å². The number of carbonyl (C=O) groups excluding carboxylic acids is 6. The van der Waals surface area contributed by atoms with Gasteiger partial charge in [0, 0.05) is 107 Å². The van der Waals surface area contributed by atoms with Crippen LogP contribution in [-0.4, -0.2) is 141 Å². The van der Waals surface area contributed by atoms with E-state index in [-0.39, 0.29) is 95.4 Å². The number of carbonyl (C=O) groups is 6. The molecule has 18 nitrogen and oxygen atoms in total. The normalized spacial score (nSPS) is 23.5. The Balaban J connectivity index is 0.000000324. The summed E-state index contributed by atoms with van der Waals surface area (Å²) < 4.78 is 16.9. The quantitative estimate of drug-likeness (QED) is 0.0110. The van der Waals surface area contributed by atoms with Crippen molar-refractivity contribution < 1.29 is 73.6 Å². The van der Waals surface area contributed by atoms with Crippen LogP contribution >= 0.6 is 0 Å². The van der Waals surface area contributed by atoms with Crippen LogP contribution < -0.4 is 16.0 Å². The lowest BCUT2D eigenvalue weighted by Gasteiger charge is -2.23. The minimum Gasteiger partial charge on any atom is -0.462 e. The molecule has 3 aromatic carbocycles. The van der Waals surface area contributed by atoms with Crippen molar-refractivity contribution in [1.29, 1.82) is 0 Å². The summed E-state index contributed by atoms with van der Waals surface area (Å²) >= 11 is 0. The number of aliphatic hydroxyl groups is 6. The van der Waals surface area contributed by atoms with Crippen molar-refractivity contribution in [2.75, 3.05) is 19.6 Å². The van der Waals surface area contributed by atoms with E-state index in [9.17, 15) is 59.4 Å². The third-order valence-corrected chi connectivity index (χ3v) is 18.8. The van der Waals surface area contributed by atoms with Crippen molar-refractivity contribution in [3.05, 3.63) is 181 Å². The molecule has 0 spiro atoms. The van der Waals surface area contributed by atoms with Gasteiger partial charge in [-0.3, -0.25) is 28.8 Å². The summed E-state index contributed by atoms with van der Waals surface area (Å²) in [6.45, 7) is 14.4. The summed E-state index contributed by atoms with van der Waals surface area (Å²) in [5.74, 6) is -1.67. The number of rotatable bonds is 41. The predicted octanol–water partition coefficient (Wildman–Crippen LogP) is 12.2. The number of esters is 3.